The van der Waals surface area contributed by atoms with E-state index in [1.807, 2.05) is 0 Å². The molecule has 2 atom stereocenters. The van der Waals surface area contributed by atoms with Gasteiger partial charge in [0, 0.05) is 0 Å². The zero-order valence-electron chi connectivity index (χ0n) is 11.2. The van der Waals surface area contributed by atoms with Gasteiger partial charge in [-0.2, -0.15) is 0 Å². The molecule has 0 aromatic rings. The van der Waals surface area contributed by atoms with Crippen molar-refractivity contribution in [2.24, 2.45) is 11.7 Å². The Morgan fingerprint density at radius 3 is 2.50 bits per heavy atom. The molecule has 1 aliphatic carbocycles. The Balaban J connectivity index is 1.83. The summed E-state index contributed by atoms with van der Waals surface area (Å²) in [5.74, 6) is -0.640. The molecule has 0 spiro atoms. The van der Waals surface area contributed by atoms with E-state index in [1.54, 1.807) is 0 Å². The third-order valence-electron chi connectivity index (χ3n) is 4.76. The zero-order chi connectivity index (χ0) is 13.0. The first-order chi connectivity index (χ1) is 8.63. The van der Waals surface area contributed by atoms with Gasteiger partial charge in [0.25, 0.3) is 0 Å². The molecule has 0 aromatic heterocycles. The zero-order valence-corrected chi connectivity index (χ0v) is 11.2. The van der Waals surface area contributed by atoms with Gasteiger partial charge >= 0.3 is 5.97 Å². The van der Waals surface area contributed by atoms with Crippen molar-refractivity contribution in [2.45, 2.75) is 56.9 Å². The summed E-state index contributed by atoms with van der Waals surface area (Å²) in [6, 6.07) is 0. The van der Waals surface area contributed by atoms with Gasteiger partial charge in [0.05, 0.1) is 0 Å². The van der Waals surface area contributed by atoms with Crippen molar-refractivity contribution in [1.82, 2.24) is 4.90 Å². The molecule has 104 valence electrons. The fourth-order valence-corrected chi connectivity index (χ4v) is 3.48. The second-order valence-corrected chi connectivity index (χ2v) is 5.98. The normalized spacial score (nSPS) is 34.4. The van der Waals surface area contributed by atoms with Gasteiger partial charge in [-0.15, -0.1) is 0 Å². The molecule has 1 heterocycles. The molecule has 0 amide bonds. The highest BCUT2D eigenvalue weighted by molar-refractivity contribution is 5.79. The molecule has 0 bridgehead atoms. The lowest BCUT2D eigenvalue weighted by atomic mass is 9.85. The molecule has 2 unspecified atom stereocenters. The summed E-state index contributed by atoms with van der Waals surface area (Å²) in [6.45, 7) is 3.38. The molecular weight excluding hydrogens is 228 g/mol. The number of hydrogen-bond donors (Lipinski definition) is 2. The lowest BCUT2D eigenvalue weighted by molar-refractivity contribution is -0.144. The van der Waals surface area contributed by atoms with Crippen LogP contribution in [-0.2, 0) is 4.79 Å². The van der Waals surface area contributed by atoms with E-state index in [0.29, 0.717) is 6.42 Å². The molecular formula is C14H26N2O2. The molecule has 2 aliphatic rings. The largest absolute Gasteiger partial charge is 0.480 e. The molecule has 4 heteroatoms. The van der Waals surface area contributed by atoms with E-state index in [9.17, 15) is 9.90 Å². The van der Waals surface area contributed by atoms with Gasteiger partial charge in [0.1, 0.15) is 5.54 Å². The Kier molecular flexibility index (Phi) is 4.62. The summed E-state index contributed by atoms with van der Waals surface area (Å²) in [7, 11) is 0. The minimum Gasteiger partial charge on any atom is -0.480 e. The summed E-state index contributed by atoms with van der Waals surface area (Å²) in [5.41, 5.74) is 5.12. The molecule has 0 radical (unpaired) electrons. The molecule has 18 heavy (non-hydrogen) atoms. The number of carboxylic acid groups (broad SMARTS) is 1. The van der Waals surface area contributed by atoms with Crippen LogP contribution in [0.3, 0.4) is 0 Å². The lowest BCUT2D eigenvalue weighted by Gasteiger charge is -2.29. The number of aliphatic carboxylic acids is 1. The van der Waals surface area contributed by atoms with Crippen molar-refractivity contribution in [2.75, 3.05) is 19.6 Å². The number of likely N-dealkylation sites (tertiary alicyclic amines) is 1. The molecule has 2 fully saturated rings. The molecule has 1 aliphatic heterocycles. The van der Waals surface area contributed by atoms with Crippen molar-refractivity contribution in [3.8, 4) is 0 Å². The van der Waals surface area contributed by atoms with Crippen LogP contribution in [0.2, 0.25) is 0 Å². The molecule has 1 saturated heterocycles. The van der Waals surface area contributed by atoms with Crippen LogP contribution < -0.4 is 5.73 Å². The van der Waals surface area contributed by atoms with Crippen LogP contribution in [0.1, 0.15) is 51.4 Å². The van der Waals surface area contributed by atoms with Crippen molar-refractivity contribution >= 4 is 5.97 Å². The third kappa shape index (κ3) is 3.04. The molecule has 4 nitrogen and oxygen atoms in total. The number of nitrogens with zero attached hydrogens (tertiary/aromatic N) is 1. The maximum atomic E-state index is 11.3. The van der Waals surface area contributed by atoms with Crippen molar-refractivity contribution < 1.29 is 9.90 Å². The average Bonchev–Trinajstić information content (AvgIpc) is 2.57. The Morgan fingerprint density at radius 1 is 1.22 bits per heavy atom. The molecule has 0 aromatic carbocycles. The van der Waals surface area contributed by atoms with Crippen LogP contribution in [-0.4, -0.2) is 41.1 Å². The van der Waals surface area contributed by atoms with E-state index in [0.717, 1.165) is 25.8 Å². The van der Waals surface area contributed by atoms with Crippen LogP contribution in [0.4, 0.5) is 0 Å². The first kappa shape index (κ1) is 13.8. The maximum absolute atomic E-state index is 11.3. The van der Waals surface area contributed by atoms with E-state index < -0.39 is 11.5 Å². The summed E-state index contributed by atoms with van der Waals surface area (Å²) in [6.07, 6.45) is 8.81. The standard InChI is InChI=1S/C14H26N2O2/c15-14(13(17)18)8-5-6-12(14)7-11-16-9-3-1-2-4-10-16/h12H,1-11,15H2,(H,17,18). The topological polar surface area (TPSA) is 66.6 Å². The fourth-order valence-electron chi connectivity index (χ4n) is 3.48. The van der Waals surface area contributed by atoms with Crippen LogP contribution in [0.25, 0.3) is 0 Å². The Labute approximate surface area is 110 Å². The van der Waals surface area contributed by atoms with Crippen molar-refractivity contribution in [1.29, 1.82) is 0 Å². The van der Waals surface area contributed by atoms with Gasteiger partial charge in [-0.3, -0.25) is 4.79 Å². The van der Waals surface area contributed by atoms with Crippen LogP contribution in [0, 0.1) is 5.92 Å². The van der Waals surface area contributed by atoms with E-state index in [4.69, 9.17) is 5.73 Å². The van der Waals surface area contributed by atoms with E-state index in [2.05, 4.69) is 4.90 Å². The second kappa shape index (κ2) is 6.02. The summed E-state index contributed by atoms with van der Waals surface area (Å²) < 4.78 is 0. The third-order valence-corrected chi connectivity index (χ3v) is 4.76. The van der Waals surface area contributed by atoms with Gasteiger partial charge in [-0.1, -0.05) is 19.3 Å². The van der Waals surface area contributed by atoms with Gasteiger partial charge in [0.2, 0.25) is 0 Å². The predicted molar refractivity (Wildman–Crippen MR) is 71.4 cm³/mol. The van der Waals surface area contributed by atoms with Gasteiger partial charge < -0.3 is 15.7 Å². The van der Waals surface area contributed by atoms with Crippen molar-refractivity contribution in [3.05, 3.63) is 0 Å². The minimum atomic E-state index is -0.953. The Bertz CT molecular complexity index is 288. The highest BCUT2D eigenvalue weighted by atomic mass is 16.4. The van der Waals surface area contributed by atoms with Crippen LogP contribution in [0.15, 0.2) is 0 Å². The Morgan fingerprint density at radius 2 is 1.89 bits per heavy atom. The van der Waals surface area contributed by atoms with E-state index in [1.165, 1.54) is 38.8 Å². The first-order valence-corrected chi connectivity index (χ1v) is 7.37. The number of hydrogen-bond acceptors (Lipinski definition) is 3. The minimum absolute atomic E-state index is 0.165. The predicted octanol–water partition coefficient (Wildman–Crippen LogP) is 1.83. The monoisotopic (exact) mass is 254 g/mol. The number of rotatable bonds is 4. The fraction of sp³-hybridized carbons (Fsp3) is 0.929. The number of carboxylic acids is 1. The SMILES string of the molecule is NC1(C(=O)O)CCCC1CCN1CCCCCC1. The maximum Gasteiger partial charge on any atom is 0.323 e. The molecule has 2 rings (SSSR count). The average molecular weight is 254 g/mol. The lowest BCUT2D eigenvalue weighted by Crippen LogP contribution is -2.51. The van der Waals surface area contributed by atoms with E-state index >= 15 is 0 Å². The van der Waals surface area contributed by atoms with Gasteiger partial charge in [-0.25, -0.2) is 0 Å². The van der Waals surface area contributed by atoms with Gasteiger partial charge in [-0.05, 0) is 57.7 Å². The smallest absolute Gasteiger partial charge is 0.323 e. The van der Waals surface area contributed by atoms with E-state index in [-0.39, 0.29) is 5.92 Å². The molecule has 3 N–H and O–H groups in total. The quantitative estimate of drug-likeness (QED) is 0.803. The first-order valence-electron chi connectivity index (χ1n) is 7.37. The Hall–Kier alpha value is -0.610. The molecule has 1 saturated carbocycles. The van der Waals surface area contributed by atoms with Crippen LogP contribution >= 0.6 is 0 Å². The number of nitrogens with two attached hydrogens (primary N) is 1. The highest BCUT2D eigenvalue weighted by Crippen LogP contribution is 2.36. The summed E-state index contributed by atoms with van der Waals surface area (Å²) in [4.78, 5) is 13.8. The summed E-state index contributed by atoms with van der Waals surface area (Å²) >= 11 is 0. The van der Waals surface area contributed by atoms with Crippen molar-refractivity contribution in [3.63, 3.8) is 0 Å². The second-order valence-electron chi connectivity index (χ2n) is 5.98. The van der Waals surface area contributed by atoms with Crippen LogP contribution in [0.5, 0.6) is 0 Å². The number of carbonyl (C=O) groups is 1. The van der Waals surface area contributed by atoms with Gasteiger partial charge in [0.15, 0.2) is 0 Å². The highest BCUT2D eigenvalue weighted by Gasteiger charge is 2.45. The summed E-state index contributed by atoms with van der Waals surface area (Å²) in [5, 5.41) is 9.29.